The van der Waals surface area contributed by atoms with E-state index < -0.39 is 10.0 Å². The fraction of sp³-hybridized carbons (Fsp3) is 0.381. The van der Waals surface area contributed by atoms with Crippen LogP contribution in [0.1, 0.15) is 5.56 Å². The fourth-order valence-corrected chi connectivity index (χ4v) is 4.38. The van der Waals surface area contributed by atoms with Crippen LogP contribution in [0, 0.1) is 6.92 Å². The molecule has 0 radical (unpaired) electrons. The summed E-state index contributed by atoms with van der Waals surface area (Å²) in [5.74, 6) is 0.566. The Morgan fingerprint density at radius 2 is 1.73 bits per heavy atom. The first kappa shape index (κ1) is 22.2. The molecule has 2 aromatic rings. The predicted octanol–water partition coefficient (Wildman–Crippen LogP) is 2.77. The number of carbonyl (C=O) groups excluding carboxylic acids is 1. The molecular weight excluding hydrogens is 426 g/mol. The lowest BCUT2D eigenvalue weighted by Crippen LogP contribution is -2.52. The lowest BCUT2D eigenvalue weighted by Gasteiger charge is -2.37. The number of amides is 1. The van der Waals surface area contributed by atoms with Gasteiger partial charge >= 0.3 is 0 Å². The summed E-state index contributed by atoms with van der Waals surface area (Å²) in [5, 5.41) is 0.460. The van der Waals surface area contributed by atoms with Crippen LogP contribution in [0.4, 0.5) is 11.4 Å². The molecule has 0 saturated carbocycles. The van der Waals surface area contributed by atoms with E-state index in [4.69, 9.17) is 16.3 Å². The smallest absolute Gasteiger partial charge is 0.243 e. The average Bonchev–Trinajstić information content (AvgIpc) is 2.73. The van der Waals surface area contributed by atoms with E-state index in [9.17, 15) is 13.2 Å². The fourth-order valence-electron chi connectivity index (χ4n) is 3.37. The summed E-state index contributed by atoms with van der Waals surface area (Å²) in [6.07, 6.45) is 1.09. The van der Waals surface area contributed by atoms with Crippen molar-refractivity contribution in [2.24, 2.45) is 0 Å². The number of piperazine rings is 1. The first-order chi connectivity index (χ1) is 14.2. The van der Waals surface area contributed by atoms with Gasteiger partial charge in [0.2, 0.25) is 15.9 Å². The van der Waals surface area contributed by atoms with Gasteiger partial charge in [0.15, 0.2) is 0 Å². The molecule has 162 valence electrons. The van der Waals surface area contributed by atoms with E-state index in [0.29, 0.717) is 36.9 Å². The second-order valence-corrected chi connectivity index (χ2v) is 9.58. The molecule has 9 heteroatoms. The average molecular weight is 452 g/mol. The summed E-state index contributed by atoms with van der Waals surface area (Å²) in [4.78, 5) is 16.8. The highest BCUT2D eigenvalue weighted by molar-refractivity contribution is 7.92. The van der Waals surface area contributed by atoms with E-state index in [0.717, 1.165) is 27.6 Å². The van der Waals surface area contributed by atoms with Gasteiger partial charge in [-0.3, -0.25) is 9.10 Å². The Bertz CT molecular complexity index is 1000. The van der Waals surface area contributed by atoms with Crippen molar-refractivity contribution >= 4 is 38.9 Å². The number of hydrogen-bond acceptors (Lipinski definition) is 5. The molecule has 0 N–H and O–H groups in total. The topological polar surface area (TPSA) is 70.2 Å². The first-order valence-electron chi connectivity index (χ1n) is 9.59. The van der Waals surface area contributed by atoms with Crippen molar-refractivity contribution in [3.05, 3.63) is 53.1 Å². The molecule has 2 aromatic carbocycles. The summed E-state index contributed by atoms with van der Waals surface area (Å²) in [6.45, 7) is 3.99. The SMILES string of the molecule is COc1ccc(N2CCN(C(=O)CN(c3ccc(C)c(Cl)c3)S(C)(=O)=O)CC2)cc1. The molecule has 0 atom stereocenters. The molecule has 1 fully saturated rings. The number of sulfonamides is 1. The Balaban J connectivity index is 1.66. The normalized spacial score (nSPS) is 14.5. The lowest BCUT2D eigenvalue weighted by atomic mass is 10.2. The molecule has 0 unspecified atom stereocenters. The third-order valence-corrected chi connectivity index (χ3v) is 6.74. The zero-order chi connectivity index (χ0) is 21.9. The van der Waals surface area contributed by atoms with E-state index >= 15 is 0 Å². The van der Waals surface area contributed by atoms with E-state index in [1.165, 1.54) is 0 Å². The van der Waals surface area contributed by atoms with Gasteiger partial charge in [-0.05, 0) is 48.9 Å². The Morgan fingerprint density at radius 1 is 1.10 bits per heavy atom. The quantitative estimate of drug-likeness (QED) is 0.675. The zero-order valence-electron chi connectivity index (χ0n) is 17.3. The van der Waals surface area contributed by atoms with Gasteiger partial charge in [-0.1, -0.05) is 17.7 Å². The van der Waals surface area contributed by atoms with Gasteiger partial charge in [0.25, 0.3) is 0 Å². The van der Waals surface area contributed by atoms with Crippen LogP contribution in [0.3, 0.4) is 0 Å². The van der Waals surface area contributed by atoms with Gasteiger partial charge in [0, 0.05) is 36.9 Å². The maximum atomic E-state index is 12.9. The van der Waals surface area contributed by atoms with Crippen LogP contribution >= 0.6 is 11.6 Å². The Kier molecular flexibility index (Phi) is 6.77. The van der Waals surface area contributed by atoms with Crippen LogP contribution in [-0.2, 0) is 14.8 Å². The number of halogens is 1. The van der Waals surface area contributed by atoms with E-state index in [2.05, 4.69) is 4.90 Å². The van der Waals surface area contributed by atoms with Gasteiger partial charge in [-0.2, -0.15) is 0 Å². The Hall–Kier alpha value is -2.45. The summed E-state index contributed by atoms with van der Waals surface area (Å²) >= 11 is 6.16. The summed E-state index contributed by atoms with van der Waals surface area (Å²) in [5.41, 5.74) is 2.29. The molecule has 0 aliphatic carbocycles. The van der Waals surface area contributed by atoms with Crippen molar-refractivity contribution in [3.8, 4) is 5.75 Å². The molecule has 3 rings (SSSR count). The van der Waals surface area contributed by atoms with Crippen LogP contribution in [0.15, 0.2) is 42.5 Å². The molecule has 1 saturated heterocycles. The number of hydrogen-bond donors (Lipinski definition) is 0. The molecule has 1 aliphatic heterocycles. The second kappa shape index (κ2) is 9.14. The number of methoxy groups -OCH3 is 1. The van der Waals surface area contributed by atoms with Crippen LogP contribution < -0.4 is 13.9 Å². The largest absolute Gasteiger partial charge is 0.497 e. The number of benzene rings is 2. The van der Waals surface area contributed by atoms with Crippen molar-refractivity contribution in [2.75, 3.05) is 55.3 Å². The number of ether oxygens (including phenoxy) is 1. The minimum atomic E-state index is -3.64. The van der Waals surface area contributed by atoms with Crippen molar-refractivity contribution in [3.63, 3.8) is 0 Å². The maximum absolute atomic E-state index is 12.9. The number of rotatable bonds is 6. The van der Waals surface area contributed by atoms with Crippen LogP contribution in [0.5, 0.6) is 5.75 Å². The molecule has 30 heavy (non-hydrogen) atoms. The third kappa shape index (κ3) is 5.17. The predicted molar refractivity (Wildman–Crippen MR) is 120 cm³/mol. The van der Waals surface area contributed by atoms with Gasteiger partial charge in [-0.15, -0.1) is 0 Å². The summed E-state index contributed by atoms with van der Waals surface area (Å²) in [6, 6.07) is 12.8. The Morgan fingerprint density at radius 3 is 2.27 bits per heavy atom. The van der Waals surface area contributed by atoms with Crippen molar-refractivity contribution in [1.82, 2.24) is 4.90 Å². The lowest BCUT2D eigenvalue weighted by molar-refractivity contribution is -0.129. The zero-order valence-corrected chi connectivity index (χ0v) is 18.9. The highest BCUT2D eigenvalue weighted by Gasteiger charge is 2.27. The number of anilines is 2. The van der Waals surface area contributed by atoms with Crippen LogP contribution in [0.2, 0.25) is 5.02 Å². The van der Waals surface area contributed by atoms with E-state index in [-0.39, 0.29) is 12.5 Å². The van der Waals surface area contributed by atoms with Gasteiger partial charge in [-0.25, -0.2) is 8.42 Å². The van der Waals surface area contributed by atoms with Gasteiger partial charge in [0.1, 0.15) is 12.3 Å². The van der Waals surface area contributed by atoms with Crippen LogP contribution in [-0.4, -0.2) is 65.3 Å². The standard InChI is InChI=1S/C21H26ClN3O4S/c1-16-4-5-18(14-20(16)22)25(30(3,27)28)15-21(26)24-12-10-23(11-13-24)17-6-8-19(29-2)9-7-17/h4-9,14H,10-13,15H2,1-3H3. The van der Waals surface area contributed by atoms with Crippen molar-refractivity contribution in [2.45, 2.75) is 6.92 Å². The highest BCUT2D eigenvalue weighted by Crippen LogP contribution is 2.25. The molecule has 1 heterocycles. The molecule has 0 bridgehead atoms. The summed E-state index contributed by atoms with van der Waals surface area (Å²) in [7, 11) is -2.01. The molecule has 1 amide bonds. The molecule has 7 nitrogen and oxygen atoms in total. The van der Waals surface area contributed by atoms with Gasteiger partial charge < -0.3 is 14.5 Å². The Labute approximate surface area is 182 Å². The minimum Gasteiger partial charge on any atom is -0.497 e. The van der Waals surface area contributed by atoms with E-state index in [1.807, 2.05) is 31.2 Å². The second-order valence-electron chi connectivity index (χ2n) is 7.27. The van der Waals surface area contributed by atoms with Crippen LogP contribution in [0.25, 0.3) is 0 Å². The monoisotopic (exact) mass is 451 g/mol. The molecule has 0 aromatic heterocycles. The summed E-state index contributed by atoms with van der Waals surface area (Å²) < 4.78 is 31.0. The molecule has 1 aliphatic rings. The number of carbonyl (C=O) groups is 1. The highest BCUT2D eigenvalue weighted by atomic mass is 35.5. The number of aryl methyl sites for hydroxylation is 1. The van der Waals surface area contributed by atoms with Gasteiger partial charge in [0.05, 0.1) is 19.1 Å². The maximum Gasteiger partial charge on any atom is 0.243 e. The third-order valence-electron chi connectivity index (χ3n) is 5.19. The number of nitrogens with zero attached hydrogens (tertiary/aromatic N) is 3. The van der Waals surface area contributed by atoms with Crippen molar-refractivity contribution < 1.29 is 17.9 Å². The molecular formula is C21H26ClN3O4S. The molecule has 0 spiro atoms. The van der Waals surface area contributed by atoms with E-state index in [1.54, 1.807) is 30.2 Å². The first-order valence-corrected chi connectivity index (χ1v) is 11.8. The minimum absolute atomic E-state index is 0.230. The van der Waals surface area contributed by atoms with Crippen molar-refractivity contribution in [1.29, 1.82) is 0 Å².